The smallest absolute Gasteiger partial charge is 0.187 e. The molecular weight excluding hydrogens is 1160 g/mol. The second kappa shape index (κ2) is 37.0. The van der Waals surface area contributed by atoms with E-state index in [0.717, 1.165) is 77.5 Å². The van der Waals surface area contributed by atoms with Crippen LogP contribution in [0.4, 0.5) is 0 Å². The zero-order chi connectivity index (χ0) is 62.7. The number of aliphatic hydroxyl groups is 3. The van der Waals surface area contributed by atoms with Gasteiger partial charge in [-0.15, -0.1) is 0 Å². The molecule has 7 aromatic rings. The topological polar surface area (TPSA) is 181 Å². The Bertz CT molecular complexity index is 3030. The Balaban J connectivity index is 1.07. The van der Waals surface area contributed by atoms with Crippen LogP contribution in [0.15, 0.2) is 212 Å². The lowest BCUT2D eigenvalue weighted by Gasteiger charge is -2.51. The van der Waals surface area contributed by atoms with Gasteiger partial charge in [0.1, 0.15) is 67.1 Å². The summed E-state index contributed by atoms with van der Waals surface area (Å²) in [6, 6.07) is 69.0. The molecule has 3 aliphatic heterocycles. The minimum atomic E-state index is -1.43. The van der Waals surface area contributed by atoms with Gasteiger partial charge in [-0.25, -0.2) is 0 Å². The Morgan fingerprint density at radius 2 is 0.637 bits per heavy atom. The molecule has 0 saturated carbocycles. The van der Waals surface area contributed by atoms with Crippen molar-refractivity contribution in [1.29, 1.82) is 0 Å². The van der Waals surface area contributed by atoms with Crippen LogP contribution in [-0.4, -0.2) is 134 Å². The highest BCUT2D eigenvalue weighted by atomic mass is 16.8. The molecule has 15 atom stereocenters. The quantitative estimate of drug-likeness (QED) is 0.0315. The third-order valence-electron chi connectivity index (χ3n) is 16.6. The van der Waals surface area contributed by atoms with Gasteiger partial charge in [0.2, 0.25) is 0 Å². The molecule has 0 radical (unpaired) electrons. The SMILES string of the molecule is C[C@@H]1O[C@@H](O[C@H]2[C@@H](OCc3ccccc3)[C@@H](COCc3ccccc3)O[C@@H](O[C@H]3[C@H](OCc4ccccc4)[C@@H](OCc4ccccc4)[C@H](OCCCCCCCCO)O[C@@H]3COCc3ccccc3)[C@@H]2OCc2ccccc2)[C@@H](OCc2ccccc2)[C@H](O)[C@@H]1O. The van der Waals surface area contributed by atoms with E-state index in [4.69, 9.17) is 61.6 Å². The molecule has 3 saturated heterocycles. The molecule has 0 aromatic heterocycles. The predicted octanol–water partition coefficient (Wildman–Crippen LogP) is 11.4. The highest BCUT2D eigenvalue weighted by Gasteiger charge is 2.56. The minimum absolute atomic E-state index is 0.00441. The monoisotopic (exact) mass is 1250 g/mol. The van der Waals surface area contributed by atoms with E-state index in [0.29, 0.717) is 6.61 Å². The third kappa shape index (κ3) is 20.7. The van der Waals surface area contributed by atoms with Gasteiger partial charge in [-0.2, -0.15) is 0 Å². The summed E-state index contributed by atoms with van der Waals surface area (Å²) in [6.45, 7) is 3.45. The molecule has 16 nitrogen and oxygen atoms in total. The zero-order valence-electron chi connectivity index (χ0n) is 52.0. The van der Waals surface area contributed by atoms with Crippen LogP contribution >= 0.6 is 0 Å². The number of hydrogen-bond donors (Lipinski definition) is 3. The molecule has 3 N–H and O–H groups in total. The van der Waals surface area contributed by atoms with E-state index in [9.17, 15) is 15.3 Å². The highest BCUT2D eigenvalue weighted by molar-refractivity contribution is 5.19. The summed E-state index contributed by atoms with van der Waals surface area (Å²) in [6.07, 6.45) is -10.8. The molecule has 0 unspecified atom stereocenters. The predicted molar refractivity (Wildman–Crippen MR) is 341 cm³/mol. The first-order chi connectivity index (χ1) is 44.9. The van der Waals surface area contributed by atoms with Crippen molar-refractivity contribution < 1.29 is 76.9 Å². The fourth-order valence-electron chi connectivity index (χ4n) is 11.6. The fraction of sp³-hybridized carbons (Fsp3) is 0.440. The van der Waals surface area contributed by atoms with Crippen molar-refractivity contribution in [2.75, 3.05) is 26.4 Å². The first-order valence-corrected chi connectivity index (χ1v) is 32.2. The van der Waals surface area contributed by atoms with Crippen LogP contribution in [-0.2, 0) is 108 Å². The first kappa shape index (κ1) is 67.8. The summed E-state index contributed by atoms with van der Waals surface area (Å²) >= 11 is 0. The van der Waals surface area contributed by atoms with Crippen LogP contribution in [0.3, 0.4) is 0 Å². The van der Waals surface area contributed by atoms with E-state index >= 15 is 0 Å². The molecule has 0 bridgehead atoms. The van der Waals surface area contributed by atoms with E-state index in [2.05, 4.69) is 0 Å². The van der Waals surface area contributed by atoms with Crippen LogP contribution in [0.1, 0.15) is 84.4 Å². The molecule has 16 heteroatoms. The normalized spacial score (nSPS) is 26.7. The van der Waals surface area contributed by atoms with Crippen molar-refractivity contribution >= 4 is 0 Å². The maximum atomic E-state index is 12.0. The zero-order valence-corrected chi connectivity index (χ0v) is 52.0. The van der Waals surface area contributed by atoms with E-state index in [-0.39, 0.29) is 66.1 Å². The maximum absolute atomic E-state index is 12.0. The van der Waals surface area contributed by atoms with Gasteiger partial charge in [-0.05, 0) is 58.7 Å². The van der Waals surface area contributed by atoms with Gasteiger partial charge in [0.05, 0.1) is 65.6 Å². The number of rotatable bonds is 36. The van der Waals surface area contributed by atoms with Gasteiger partial charge < -0.3 is 76.9 Å². The van der Waals surface area contributed by atoms with Crippen LogP contribution in [0.25, 0.3) is 0 Å². The molecule has 0 amide bonds. The Labute approximate surface area is 536 Å². The fourth-order valence-corrected chi connectivity index (χ4v) is 11.6. The summed E-state index contributed by atoms with van der Waals surface area (Å²) in [5.74, 6) is 0. The average molecular weight is 1250 g/mol. The third-order valence-corrected chi connectivity index (χ3v) is 16.6. The Morgan fingerprint density at radius 1 is 0.308 bits per heavy atom. The summed E-state index contributed by atoms with van der Waals surface area (Å²) in [5, 5.41) is 32.9. The molecule has 91 heavy (non-hydrogen) atoms. The van der Waals surface area contributed by atoms with Gasteiger partial charge in [0.15, 0.2) is 18.9 Å². The molecular formula is C75H90O16. The molecule has 3 aliphatic rings. The molecule has 0 spiro atoms. The van der Waals surface area contributed by atoms with E-state index in [1.165, 1.54) is 0 Å². The molecule has 486 valence electrons. The van der Waals surface area contributed by atoms with E-state index in [1.807, 2.05) is 212 Å². The number of hydrogen-bond acceptors (Lipinski definition) is 16. The molecule has 10 rings (SSSR count). The molecule has 0 aliphatic carbocycles. The van der Waals surface area contributed by atoms with Crippen molar-refractivity contribution in [1.82, 2.24) is 0 Å². The lowest BCUT2D eigenvalue weighted by Crippen LogP contribution is -2.68. The van der Waals surface area contributed by atoms with Crippen molar-refractivity contribution in [2.45, 2.75) is 184 Å². The maximum Gasteiger partial charge on any atom is 0.187 e. The minimum Gasteiger partial charge on any atom is -0.396 e. The summed E-state index contributed by atoms with van der Waals surface area (Å²) < 4.78 is 91.8. The van der Waals surface area contributed by atoms with Crippen LogP contribution in [0, 0.1) is 0 Å². The second-order valence-corrected chi connectivity index (χ2v) is 23.5. The van der Waals surface area contributed by atoms with E-state index < -0.39 is 92.1 Å². The largest absolute Gasteiger partial charge is 0.396 e. The second-order valence-electron chi connectivity index (χ2n) is 23.5. The Morgan fingerprint density at radius 3 is 1.08 bits per heavy atom. The van der Waals surface area contributed by atoms with Gasteiger partial charge >= 0.3 is 0 Å². The van der Waals surface area contributed by atoms with Gasteiger partial charge in [-0.1, -0.05) is 238 Å². The van der Waals surface area contributed by atoms with Crippen molar-refractivity contribution in [3.05, 3.63) is 251 Å². The summed E-state index contributed by atoms with van der Waals surface area (Å²) in [4.78, 5) is 0. The molecule has 3 heterocycles. The first-order valence-electron chi connectivity index (χ1n) is 32.2. The summed E-state index contributed by atoms with van der Waals surface area (Å²) in [5.41, 5.74) is 6.37. The van der Waals surface area contributed by atoms with Gasteiger partial charge in [0, 0.05) is 13.2 Å². The molecule has 3 fully saturated rings. The number of unbranched alkanes of at least 4 members (excludes halogenated alkanes) is 5. The highest BCUT2D eigenvalue weighted by Crippen LogP contribution is 2.39. The number of aliphatic hydroxyl groups excluding tert-OH is 3. The number of benzene rings is 7. The van der Waals surface area contributed by atoms with Gasteiger partial charge in [0.25, 0.3) is 0 Å². The number of ether oxygens (including phenoxy) is 13. The summed E-state index contributed by atoms with van der Waals surface area (Å²) in [7, 11) is 0. The van der Waals surface area contributed by atoms with Crippen LogP contribution < -0.4 is 0 Å². The Hall–Kier alpha value is -6.10. The molecule has 7 aromatic carbocycles. The Kier molecular flexibility index (Phi) is 27.5. The van der Waals surface area contributed by atoms with Crippen molar-refractivity contribution in [2.24, 2.45) is 0 Å². The van der Waals surface area contributed by atoms with Crippen molar-refractivity contribution in [3.63, 3.8) is 0 Å². The van der Waals surface area contributed by atoms with Crippen LogP contribution in [0.2, 0.25) is 0 Å². The average Bonchev–Trinajstić information content (AvgIpc) is 1.01. The van der Waals surface area contributed by atoms with E-state index in [1.54, 1.807) is 6.92 Å². The lowest BCUT2D eigenvalue weighted by molar-refractivity contribution is -0.393. The lowest BCUT2D eigenvalue weighted by atomic mass is 9.95. The van der Waals surface area contributed by atoms with Gasteiger partial charge in [-0.3, -0.25) is 0 Å². The van der Waals surface area contributed by atoms with Crippen molar-refractivity contribution in [3.8, 4) is 0 Å². The standard InChI is InChI=1S/C75H90O16/c1-54-64(77)65(78)68(83-48-58-35-19-9-20-36-58)74(87-54)91-70-66(82-47-57-33-17-8-18-34-57)62(52-79-45-55-29-13-6-14-30-55)89-75(72(70)86-51-61-41-25-12-26-42-61)90-67-63(53-80-46-56-31-15-7-16-32-56)88-73(81-44-28-5-3-2-4-27-43-76)71(85-50-60-39-23-11-24-40-60)69(67)84-49-59-37-21-10-22-38-59/h6-26,29-42,54,62-78H,2-5,27-28,43-53H2,1H3/t54-,62+,63+,64+,65+,66-,67+,68-,69-,70-,71+,72+,73+,74-,75-/m0/s1. The van der Waals surface area contributed by atoms with Crippen LogP contribution in [0.5, 0.6) is 0 Å².